The molecule has 0 radical (unpaired) electrons. The summed E-state index contributed by atoms with van der Waals surface area (Å²) in [5, 5.41) is 5.84. The highest BCUT2D eigenvalue weighted by Gasteiger charge is 2.12. The summed E-state index contributed by atoms with van der Waals surface area (Å²) in [6.45, 7) is 1.44. The number of hydrogen-bond acceptors (Lipinski definition) is 1. The second-order valence-corrected chi connectivity index (χ2v) is 7.10. The van der Waals surface area contributed by atoms with E-state index in [1.807, 2.05) is 0 Å². The molecule has 0 heterocycles. The minimum absolute atomic E-state index is 0.750. The van der Waals surface area contributed by atoms with Crippen molar-refractivity contribution in [3.05, 3.63) is 95.1 Å². The van der Waals surface area contributed by atoms with Gasteiger partial charge in [0, 0.05) is 0 Å². The molecule has 2 aliphatic carbocycles. The van der Waals surface area contributed by atoms with Crippen LogP contribution in [-0.2, 0) is 30.5 Å². The van der Waals surface area contributed by atoms with Gasteiger partial charge < -0.3 is 4.79 Å². The van der Waals surface area contributed by atoms with Crippen LogP contribution in [0, 0.1) is 0 Å². The van der Waals surface area contributed by atoms with E-state index in [0.29, 0.717) is 0 Å². The van der Waals surface area contributed by atoms with Crippen LogP contribution in [-0.4, -0.2) is 6.29 Å². The molecule has 0 fully saturated rings. The van der Waals surface area contributed by atoms with Crippen molar-refractivity contribution in [3.8, 4) is 0 Å². The summed E-state index contributed by atoms with van der Waals surface area (Å²) in [7, 11) is 0. The van der Waals surface area contributed by atoms with Gasteiger partial charge in [-0.05, 0) is 76.4 Å². The maximum absolute atomic E-state index is 8.81. The van der Waals surface area contributed by atoms with E-state index in [4.69, 9.17) is 4.79 Å². The van der Waals surface area contributed by atoms with E-state index in [-0.39, 0.29) is 0 Å². The molecular formula is C26H24O. The third-order valence-corrected chi connectivity index (χ3v) is 5.48. The van der Waals surface area contributed by atoms with Gasteiger partial charge in [-0.2, -0.15) is 0 Å². The zero-order chi connectivity index (χ0) is 18.6. The van der Waals surface area contributed by atoms with Crippen LogP contribution in [0.3, 0.4) is 0 Å². The average molecular weight is 352 g/mol. The summed E-state index contributed by atoms with van der Waals surface area (Å²) >= 11 is 0. The van der Waals surface area contributed by atoms with Crippen LogP contribution in [0.2, 0.25) is 0 Å². The summed E-state index contributed by atoms with van der Waals surface area (Å²) in [5.74, 6) is 0. The number of carbonyl (C=O) groups excluding carboxylic acids is 1. The fourth-order valence-electron chi connectivity index (χ4n) is 4.38. The first kappa shape index (κ1) is 17.5. The highest BCUT2D eigenvalue weighted by molar-refractivity contribution is 5.91. The number of aldehydes is 1. The predicted molar refractivity (Wildman–Crippen MR) is 114 cm³/mol. The third-order valence-electron chi connectivity index (χ3n) is 5.48. The molecule has 0 aromatic heterocycles. The van der Waals surface area contributed by atoms with Crippen LogP contribution in [0.15, 0.2) is 72.8 Å². The molecule has 2 aliphatic rings. The van der Waals surface area contributed by atoms with E-state index in [1.165, 1.54) is 76.4 Å². The molecule has 1 nitrogen and oxygen atoms in total. The van der Waals surface area contributed by atoms with E-state index < -0.39 is 0 Å². The Morgan fingerprint density at radius 1 is 0.556 bits per heavy atom. The molecule has 0 spiro atoms. The molecule has 0 amide bonds. The van der Waals surface area contributed by atoms with Crippen molar-refractivity contribution in [2.75, 3.05) is 0 Å². The minimum atomic E-state index is 0.750. The van der Waals surface area contributed by atoms with Gasteiger partial charge in [-0.3, -0.25) is 0 Å². The van der Waals surface area contributed by atoms with Gasteiger partial charge in [0.25, 0.3) is 0 Å². The molecule has 0 bridgehead atoms. The van der Waals surface area contributed by atoms with Crippen molar-refractivity contribution in [1.82, 2.24) is 0 Å². The number of rotatable bonds is 0. The summed E-state index contributed by atoms with van der Waals surface area (Å²) in [6, 6.07) is 26.4. The quantitative estimate of drug-likeness (QED) is 0.350. The predicted octanol–water partition coefficient (Wildman–Crippen LogP) is 6.08. The normalized spacial score (nSPS) is 12.9. The molecule has 0 saturated heterocycles. The Kier molecular flexibility index (Phi) is 5.02. The van der Waals surface area contributed by atoms with Crippen LogP contribution in [0.1, 0.15) is 29.2 Å². The summed E-state index contributed by atoms with van der Waals surface area (Å²) in [4.78, 5) is 8.81. The van der Waals surface area contributed by atoms with Gasteiger partial charge in [0.1, 0.15) is 6.29 Å². The highest BCUT2D eigenvalue weighted by atomic mass is 16.1. The number of benzene rings is 4. The maximum atomic E-state index is 8.81. The van der Waals surface area contributed by atoms with Crippen molar-refractivity contribution in [2.24, 2.45) is 0 Å². The first-order chi connectivity index (χ1) is 13.3. The molecule has 0 N–H and O–H groups in total. The van der Waals surface area contributed by atoms with Crippen molar-refractivity contribution in [1.29, 1.82) is 0 Å². The van der Waals surface area contributed by atoms with E-state index in [1.54, 1.807) is 0 Å². The van der Waals surface area contributed by atoms with E-state index in [2.05, 4.69) is 72.8 Å². The lowest BCUT2D eigenvalue weighted by molar-refractivity contribution is -0.106. The third kappa shape index (κ3) is 3.38. The molecule has 4 aromatic carbocycles. The average Bonchev–Trinajstić information content (AvgIpc) is 3.32. The smallest absolute Gasteiger partial charge is 0.116 e. The van der Waals surface area contributed by atoms with Crippen LogP contribution < -0.4 is 0 Å². The second-order valence-electron chi connectivity index (χ2n) is 7.10. The maximum Gasteiger partial charge on any atom is 0.116 e. The monoisotopic (exact) mass is 352 g/mol. The van der Waals surface area contributed by atoms with Gasteiger partial charge in [-0.25, -0.2) is 0 Å². The molecule has 0 atom stereocenters. The first-order valence-corrected chi connectivity index (χ1v) is 9.70. The lowest BCUT2D eigenvalue weighted by Crippen LogP contribution is -1.76. The lowest BCUT2D eigenvalue weighted by atomic mass is 10.1. The first-order valence-electron chi connectivity index (χ1n) is 9.70. The van der Waals surface area contributed by atoms with E-state index in [0.717, 1.165) is 6.29 Å². The van der Waals surface area contributed by atoms with Crippen molar-refractivity contribution in [3.63, 3.8) is 0 Å². The molecule has 0 unspecified atom stereocenters. The largest absolute Gasteiger partial charge is 0.304 e. The molecular weight excluding hydrogens is 328 g/mol. The van der Waals surface area contributed by atoms with Gasteiger partial charge in [0.05, 0.1) is 0 Å². The summed E-state index contributed by atoms with van der Waals surface area (Å²) < 4.78 is 0. The fraction of sp³-hybridized carbons (Fsp3) is 0.192. The number of hydrogen-bond donors (Lipinski definition) is 0. The second kappa shape index (κ2) is 7.75. The standard InChI is InChI=1S/2C12H10.C2H4O/c2*1-3-9-4-2-6-11-8-7-10(5-1)12(9)11;1-2-3/h2*1-6H,7-8H2;2H,1H3. The van der Waals surface area contributed by atoms with E-state index >= 15 is 0 Å². The lowest BCUT2D eigenvalue weighted by Gasteiger charge is -1.99. The van der Waals surface area contributed by atoms with Gasteiger partial charge in [0.15, 0.2) is 0 Å². The molecule has 6 rings (SSSR count). The Hall–Kier alpha value is -2.93. The van der Waals surface area contributed by atoms with E-state index in [9.17, 15) is 0 Å². The number of carbonyl (C=O) groups is 1. The fourth-order valence-corrected chi connectivity index (χ4v) is 4.38. The molecule has 0 saturated carbocycles. The topological polar surface area (TPSA) is 17.1 Å². The Bertz CT molecular complexity index is 943. The molecule has 27 heavy (non-hydrogen) atoms. The zero-order valence-electron chi connectivity index (χ0n) is 15.7. The SMILES string of the molecule is CC=O.c1cc2c3c(cccc3c1)CC2.c1cc2c3c(cccc3c1)CC2. The van der Waals surface area contributed by atoms with Gasteiger partial charge in [-0.15, -0.1) is 0 Å². The van der Waals surface area contributed by atoms with Crippen molar-refractivity contribution < 1.29 is 4.79 Å². The summed E-state index contributed by atoms with van der Waals surface area (Å²) in [6.07, 6.45) is 5.68. The Morgan fingerprint density at radius 2 is 0.815 bits per heavy atom. The van der Waals surface area contributed by atoms with Crippen LogP contribution in [0.4, 0.5) is 0 Å². The van der Waals surface area contributed by atoms with Crippen molar-refractivity contribution in [2.45, 2.75) is 32.6 Å². The van der Waals surface area contributed by atoms with Gasteiger partial charge >= 0.3 is 0 Å². The van der Waals surface area contributed by atoms with Crippen LogP contribution >= 0.6 is 0 Å². The molecule has 1 heteroatoms. The zero-order valence-corrected chi connectivity index (χ0v) is 15.7. The molecule has 0 aliphatic heterocycles. The van der Waals surface area contributed by atoms with Gasteiger partial charge in [0.2, 0.25) is 0 Å². The van der Waals surface area contributed by atoms with Crippen molar-refractivity contribution >= 4 is 27.8 Å². The van der Waals surface area contributed by atoms with Crippen LogP contribution in [0.5, 0.6) is 0 Å². The summed E-state index contributed by atoms with van der Waals surface area (Å²) in [5.41, 5.74) is 6.12. The Morgan fingerprint density at radius 3 is 1.07 bits per heavy atom. The van der Waals surface area contributed by atoms with Crippen LogP contribution in [0.25, 0.3) is 21.5 Å². The Labute approximate surface area is 160 Å². The number of aryl methyl sites for hydroxylation is 4. The highest BCUT2D eigenvalue weighted by Crippen LogP contribution is 2.30. The Balaban J connectivity index is 0.000000117. The molecule has 4 aromatic rings. The van der Waals surface area contributed by atoms with Gasteiger partial charge in [-0.1, -0.05) is 72.8 Å². The minimum Gasteiger partial charge on any atom is -0.304 e. The molecule has 134 valence electrons.